The monoisotopic (exact) mass is 290 g/mol. The summed E-state index contributed by atoms with van der Waals surface area (Å²) >= 11 is 0. The van der Waals surface area contributed by atoms with Crippen LogP contribution in [-0.4, -0.2) is 43.9 Å². The van der Waals surface area contributed by atoms with Gasteiger partial charge in [0.2, 0.25) is 5.95 Å². The molecule has 21 heavy (non-hydrogen) atoms. The van der Waals surface area contributed by atoms with E-state index in [1.165, 1.54) is 6.33 Å². The minimum atomic E-state index is -0.228. The molecular formula is C13H18N6O2. The standard InChI is InChI=1S/C13H18N6O2/c1-2-5-15-13-18-10-11(14)16-7-17-12(10)19(13)9-4-3-8(6-20)21-9/h2,7-9,20H,1,3-6H2,(H,15,18)(H2,14,16,17). The zero-order valence-electron chi connectivity index (χ0n) is 11.6. The summed E-state index contributed by atoms with van der Waals surface area (Å²) in [6, 6.07) is 0. The highest BCUT2D eigenvalue weighted by Crippen LogP contribution is 2.34. The van der Waals surface area contributed by atoms with Gasteiger partial charge in [0.15, 0.2) is 17.0 Å². The molecule has 1 aliphatic rings. The molecule has 8 nitrogen and oxygen atoms in total. The van der Waals surface area contributed by atoms with Gasteiger partial charge in [-0.25, -0.2) is 15.0 Å². The highest BCUT2D eigenvalue weighted by molar-refractivity contribution is 5.84. The predicted octanol–water partition coefficient (Wildman–Crippen LogP) is 0.676. The van der Waals surface area contributed by atoms with E-state index < -0.39 is 0 Å². The number of imidazole rings is 1. The minimum absolute atomic E-state index is 0.00960. The van der Waals surface area contributed by atoms with Crippen LogP contribution in [0, 0.1) is 0 Å². The molecular weight excluding hydrogens is 272 g/mol. The van der Waals surface area contributed by atoms with Crippen LogP contribution in [0.25, 0.3) is 11.2 Å². The van der Waals surface area contributed by atoms with Crippen molar-refractivity contribution in [2.45, 2.75) is 25.2 Å². The first-order valence-electron chi connectivity index (χ1n) is 6.84. The van der Waals surface area contributed by atoms with Crippen molar-refractivity contribution in [3.8, 4) is 0 Å². The van der Waals surface area contributed by atoms with E-state index in [-0.39, 0.29) is 18.9 Å². The summed E-state index contributed by atoms with van der Waals surface area (Å²) in [5.74, 6) is 0.942. The molecule has 1 saturated heterocycles. The summed E-state index contributed by atoms with van der Waals surface area (Å²) in [7, 11) is 0. The molecule has 2 unspecified atom stereocenters. The molecule has 1 aliphatic heterocycles. The zero-order valence-corrected chi connectivity index (χ0v) is 11.6. The molecule has 3 heterocycles. The number of hydrogen-bond donors (Lipinski definition) is 3. The number of nitrogen functional groups attached to an aromatic ring is 1. The van der Waals surface area contributed by atoms with Crippen LogP contribution in [0.2, 0.25) is 0 Å². The van der Waals surface area contributed by atoms with E-state index in [0.717, 1.165) is 12.8 Å². The summed E-state index contributed by atoms with van der Waals surface area (Å²) in [4.78, 5) is 12.7. The number of fused-ring (bicyclic) bond motifs is 1. The molecule has 2 aromatic rings. The molecule has 2 aromatic heterocycles. The minimum Gasteiger partial charge on any atom is -0.394 e. The largest absolute Gasteiger partial charge is 0.394 e. The van der Waals surface area contributed by atoms with Crippen LogP contribution < -0.4 is 11.1 Å². The van der Waals surface area contributed by atoms with Gasteiger partial charge in [0.25, 0.3) is 0 Å². The fourth-order valence-electron chi connectivity index (χ4n) is 2.50. The Hall–Kier alpha value is -2.19. The van der Waals surface area contributed by atoms with Gasteiger partial charge in [-0.1, -0.05) is 6.08 Å². The van der Waals surface area contributed by atoms with Crippen LogP contribution in [0.3, 0.4) is 0 Å². The maximum absolute atomic E-state index is 9.23. The summed E-state index contributed by atoms with van der Waals surface area (Å²) in [6.07, 6.45) is 4.34. The fraction of sp³-hybridized carbons (Fsp3) is 0.462. The lowest BCUT2D eigenvalue weighted by Gasteiger charge is -2.17. The van der Waals surface area contributed by atoms with Crippen LogP contribution in [0.5, 0.6) is 0 Å². The van der Waals surface area contributed by atoms with Gasteiger partial charge in [0, 0.05) is 6.54 Å². The molecule has 0 spiro atoms. The molecule has 0 aliphatic carbocycles. The number of aromatic nitrogens is 4. The van der Waals surface area contributed by atoms with E-state index in [4.69, 9.17) is 10.5 Å². The fourth-order valence-corrected chi connectivity index (χ4v) is 2.50. The lowest BCUT2D eigenvalue weighted by molar-refractivity contribution is -0.0197. The van der Waals surface area contributed by atoms with Crippen molar-refractivity contribution in [3.63, 3.8) is 0 Å². The van der Waals surface area contributed by atoms with Gasteiger partial charge in [0.05, 0.1) is 12.7 Å². The third kappa shape index (κ3) is 2.43. The van der Waals surface area contributed by atoms with Gasteiger partial charge < -0.3 is 20.9 Å². The Balaban J connectivity index is 2.05. The quantitative estimate of drug-likeness (QED) is 0.694. The van der Waals surface area contributed by atoms with Crippen LogP contribution in [0.1, 0.15) is 19.1 Å². The van der Waals surface area contributed by atoms with Crippen LogP contribution in [0.4, 0.5) is 11.8 Å². The third-order valence-corrected chi connectivity index (χ3v) is 3.49. The van der Waals surface area contributed by atoms with Crippen LogP contribution >= 0.6 is 0 Å². The van der Waals surface area contributed by atoms with Crippen molar-refractivity contribution in [2.75, 3.05) is 24.2 Å². The summed E-state index contributed by atoms with van der Waals surface area (Å²) in [5, 5.41) is 12.4. The summed E-state index contributed by atoms with van der Waals surface area (Å²) in [6.45, 7) is 4.26. The molecule has 3 rings (SSSR count). The second-order valence-electron chi connectivity index (χ2n) is 4.88. The van der Waals surface area contributed by atoms with E-state index in [1.807, 2.05) is 4.57 Å². The number of hydrogen-bond acceptors (Lipinski definition) is 7. The van der Waals surface area contributed by atoms with E-state index >= 15 is 0 Å². The first-order chi connectivity index (χ1) is 10.2. The lowest BCUT2D eigenvalue weighted by atomic mass is 10.2. The Kier molecular flexibility index (Phi) is 3.72. The third-order valence-electron chi connectivity index (χ3n) is 3.49. The van der Waals surface area contributed by atoms with Gasteiger partial charge in [-0.05, 0) is 12.8 Å². The number of aliphatic hydroxyl groups excluding tert-OH is 1. The smallest absolute Gasteiger partial charge is 0.207 e. The summed E-state index contributed by atoms with van der Waals surface area (Å²) in [5.41, 5.74) is 7.03. The van der Waals surface area contributed by atoms with Crippen LogP contribution in [-0.2, 0) is 4.74 Å². The maximum atomic E-state index is 9.23. The second kappa shape index (κ2) is 5.66. The molecule has 0 saturated carbocycles. The maximum Gasteiger partial charge on any atom is 0.207 e. The Bertz CT molecular complexity index is 655. The van der Waals surface area contributed by atoms with Crippen molar-refractivity contribution in [1.82, 2.24) is 19.5 Å². The molecule has 112 valence electrons. The molecule has 2 atom stereocenters. The highest BCUT2D eigenvalue weighted by Gasteiger charge is 2.30. The van der Waals surface area contributed by atoms with Crippen molar-refractivity contribution in [1.29, 1.82) is 0 Å². The number of nitrogens with zero attached hydrogens (tertiary/aromatic N) is 4. The number of ether oxygens (including phenoxy) is 1. The van der Waals surface area contributed by atoms with Crippen molar-refractivity contribution < 1.29 is 9.84 Å². The molecule has 0 amide bonds. The van der Waals surface area contributed by atoms with Crippen LogP contribution in [0.15, 0.2) is 19.0 Å². The number of aliphatic hydroxyl groups is 1. The summed E-state index contributed by atoms with van der Waals surface area (Å²) < 4.78 is 7.70. The topological polar surface area (TPSA) is 111 Å². The lowest BCUT2D eigenvalue weighted by Crippen LogP contribution is -2.17. The second-order valence-corrected chi connectivity index (χ2v) is 4.88. The number of nitrogens with one attached hydrogen (secondary N) is 1. The normalized spacial score (nSPS) is 21.8. The van der Waals surface area contributed by atoms with E-state index in [2.05, 4.69) is 26.8 Å². The number of rotatable bonds is 5. The average molecular weight is 290 g/mol. The van der Waals surface area contributed by atoms with Gasteiger partial charge in [0.1, 0.15) is 12.6 Å². The van der Waals surface area contributed by atoms with Gasteiger partial charge in [-0.2, -0.15) is 0 Å². The average Bonchev–Trinajstić information content (AvgIpc) is 3.09. The van der Waals surface area contributed by atoms with Gasteiger partial charge >= 0.3 is 0 Å². The Morgan fingerprint density at radius 1 is 1.52 bits per heavy atom. The van der Waals surface area contributed by atoms with Crippen molar-refractivity contribution in [3.05, 3.63) is 19.0 Å². The number of nitrogens with two attached hydrogens (primary N) is 1. The van der Waals surface area contributed by atoms with E-state index in [9.17, 15) is 5.11 Å². The van der Waals surface area contributed by atoms with Gasteiger partial charge in [-0.3, -0.25) is 4.57 Å². The Morgan fingerprint density at radius 3 is 3.10 bits per heavy atom. The SMILES string of the molecule is C=CCNc1nc2c(N)ncnc2n1C1CCC(CO)O1. The van der Waals surface area contributed by atoms with Crippen molar-refractivity contribution >= 4 is 22.9 Å². The molecule has 0 bridgehead atoms. The first kappa shape index (κ1) is 13.8. The molecule has 4 N–H and O–H groups in total. The Morgan fingerprint density at radius 2 is 2.38 bits per heavy atom. The van der Waals surface area contributed by atoms with Crippen molar-refractivity contribution in [2.24, 2.45) is 0 Å². The van der Waals surface area contributed by atoms with E-state index in [1.54, 1.807) is 6.08 Å². The first-order valence-corrected chi connectivity index (χ1v) is 6.84. The highest BCUT2D eigenvalue weighted by atomic mass is 16.5. The van der Waals surface area contributed by atoms with E-state index in [0.29, 0.717) is 29.5 Å². The van der Waals surface area contributed by atoms with Gasteiger partial charge in [-0.15, -0.1) is 6.58 Å². The predicted molar refractivity (Wildman–Crippen MR) is 78.7 cm³/mol. The molecule has 8 heteroatoms. The number of anilines is 2. The molecule has 0 aromatic carbocycles. The zero-order chi connectivity index (χ0) is 14.8. The Labute approximate surface area is 121 Å². The molecule has 1 fully saturated rings. The molecule has 0 radical (unpaired) electrons.